The molecule has 0 radical (unpaired) electrons. The second-order valence-electron chi connectivity index (χ2n) is 6.72. The second kappa shape index (κ2) is 8.02. The standard InChI is InChI=1S/C17H29ClN2O/c1-13(2)20(10-7-11-21)16-14(8-6-9-15(16)18)12-19-17(3,4)5/h6,8-9,13,19,21H,7,10-12H2,1-5H3. The van der Waals surface area contributed by atoms with Crippen LogP contribution in [0.3, 0.4) is 0 Å². The highest BCUT2D eigenvalue weighted by Gasteiger charge is 2.18. The third-order valence-electron chi connectivity index (χ3n) is 3.35. The lowest BCUT2D eigenvalue weighted by atomic mass is 10.1. The summed E-state index contributed by atoms with van der Waals surface area (Å²) in [5.74, 6) is 0. The van der Waals surface area contributed by atoms with E-state index in [1.165, 1.54) is 5.56 Å². The smallest absolute Gasteiger partial charge is 0.0643 e. The van der Waals surface area contributed by atoms with Crippen LogP contribution in [-0.2, 0) is 6.54 Å². The Morgan fingerprint density at radius 1 is 1.29 bits per heavy atom. The molecular weight excluding hydrogens is 284 g/mol. The van der Waals surface area contributed by atoms with Crippen molar-refractivity contribution in [3.05, 3.63) is 28.8 Å². The average molecular weight is 313 g/mol. The Labute approximate surface area is 134 Å². The second-order valence-corrected chi connectivity index (χ2v) is 7.12. The van der Waals surface area contributed by atoms with E-state index < -0.39 is 0 Å². The summed E-state index contributed by atoms with van der Waals surface area (Å²) in [6.45, 7) is 12.6. The van der Waals surface area contributed by atoms with Crippen LogP contribution in [0.25, 0.3) is 0 Å². The number of nitrogens with one attached hydrogen (secondary N) is 1. The van der Waals surface area contributed by atoms with Crippen LogP contribution in [0.15, 0.2) is 18.2 Å². The summed E-state index contributed by atoms with van der Waals surface area (Å²) in [5, 5.41) is 13.4. The number of aliphatic hydroxyl groups is 1. The lowest BCUT2D eigenvalue weighted by Gasteiger charge is -2.32. The zero-order valence-corrected chi connectivity index (χ0v) is 14.7. The van der Waals surface area contributed by atoms with Gasteiger partial charge < -0.3 is 15.3 Å². The van der Waals surface area contributed by atoms with Crippen LogP contribution in [0.5, 0.6) is 0 Å². The maximum Gasteiger partial charge on any atom is 0.0643 e. The molecule has 0 saturated carbocycles. The van der Waals surface area contributed by atoms with Crippen LogP contribution in [0.2, 0.25) is 5.02 Å². The van der Waals surface area contributed by atoms with Gasteiger partial charge in [0.2, 0.25) is 0 Å². The van der Waals surface area contributed by atoms with E-state index in [4.69, 9.17) is 16.7 Å². The lowest BCUT2D eigenvalue weighted by molar-refractivity contribution is 0.288. The summed E-state index contributed by atoms with van der Waals surface area (Å²) < 4.78 is 0. The molecule has 3 nitrogen and oxygen atoms in total. The number of hydrogen-bond acceptors (Lipinski definition) is 3. The van der Waals surface area contributed by atoms with Crippen LogP contribution in [0.1, 0.15) is 46.6 Å². The molecule has 0 aromatic heterocycles. The number of nitrogens with zero attached hydrogens (tertiary/aromatic N) is 1. The minimum absolute atomic E-state index is 0.0628. The summed E-state index contributed by atoms with van der Waals surface area (Å²) in [5.41, 5.74) is 2.34. The van der Waals surface area contributed by atoms with Gasteiger partial charge >= 0.3 is 0 Å². The van der Waals surface area contributed by atoms with Gasteiger partial charge in [-0.1, -0.05) is 23.7 Å². The quantitative estimate of drug-likeness (QED) is 0.803. The highest BCUT2D eigenvalue weighted by Crippen LogP contribution is 2.32. The Bertz CT molecular complexity index is 441. The number of para-hydroxylation sites is 1. The molecule has 0 fully saturated rings. The van der Waals surface area contributed by atoms with Gasteiger partial charge in [-0.25, -0.2) is 0 Å². The molecule has 0 bridgehead atoms. The van der Waals surface area contributed by atoms with Gasteiger partial charge in [0.1, 0.15) is 0 Å². The highest BCUT2D eigenvalue weighted by atomic mass is 35.5. The van der Waals surface area contributed by atoms with E-state index in [0.29, 0.717) is 6.04 Å². The first kappa shape index (κ1) is 18.3. The molecule has 0 unspecified atom stereocenters. The minimum atomic E-state index is 0.0628. The van der Waals surface area contributed by atoms with Crippen LogP contribution in [-0.4, -0.2) is 29.8 Å². The summed E-state index contributed by atoms with van der Waals surface area (Å²) in [7, 11) is 0. The number of rotatable bonds is 7. The van der Waals surface area contributed by atoms with E-state index >= 15 is 0 Å². The average Bonchev–Trinajstić information content (AvgIpc) is 2.37. The van der Waals surface area contributed by atoms with Crippen LogP contribution >= 0.6 is 11.6 Å². The maximum atomic E-state index is 9.12. The molecule has 0 amide bonds. The maximum absolute atomic E-state index is 9.12. The third kappa shape index (κ3) is 5.85. The zero-order chi connectivity index (χ0) is 16.0. The molecule has 120 valence electrons. The molecule has 0 aliphatic rings. The molecule has 1 aromatic carbocycles. The topological polar surface area (TPSA) is 35.5 Å². The van der Waals surface area contributed by atoms with Gasteiger partial charge in [0.25, 0.3) is 0 Å². The molecule has 0 aliphatic carbocycles. The van der Waals surface area contributed by atoms with Gasteiger partial charge in [-0.05, 0) is 52.7 Å². The Morgan fingerprint density at radius 3 is 2.48 bits per heavy atom. The van der Waals surface area contributed by atoms with E-state index in [-0.39, 0.29) is 12.1 Å². The predicted octanol–water partition coefficient (Wildman–Crippen LogP) is 3.83. The fourth-order valence-corrected chi connectivity index (χ4v) is 2.56. The first-order valence-electron chi connectivity index (χ1n) is 7.66. The van der Waals surface area contributed by atoms with Crippen LogP contribution in [0.4, 0.5) is 5.69 Å². The molecule has 21 heavy (non-hydrogen) atoms. The first-order valence-corrected chi connectivity index (χ1v) is 8.04. The lowest BCUT2D eigenvalue weighted by Crippen LogP contribution is -2.37. The monoisotopic (exact) mass is 312 g/mol. The number of benzene rings is 1. The predicted molar refractivity (Wildman–Crippen MR) is 92.2 cm³/mol. The molecule has 1 aromatic rings. The van der Waals surface area contributed by atoms with Crippen molar-refractivity contribution in [2.45, 2.75) is 59.2 Å². The molecule has 0 aliphatic heterocycles. The fourth-order valence-electron chi connectivity index (χ4n) is 2.25. The molecule has 4 heteroatoms. The molecule has 0 spiro atoms. The van der Waals surface area contributed by atoms with Gasteiger partial charge in [0, 0.05) is 31.3 Å². The number of anilines is 1. The summed E-state index contributed by atoms with van der Waals surface area (Å²) in [4.78, 5) is 2.28. The summed E-state index contributed by atoms with van der Waals surface area (Å²) in [6.07, 6.45) is 0.746. The van der Waals surface area contributed by atoms with Gasteiger partial charge in [0.05, 0.1) is 10.7 Å². The fraction of sp³-hybridized carbons (Fsp3) is 0.647. The van der Waals surface area contributed by atoms with Crippen molar-refractivity contribution in [2.24, 2.45) is 0 Å². The molecule has 0 atom stereocenters. The minimum Gasteiger partial charge on any atom is -0.396 e. The number of hydrogen-bond donors (Lipinski definition) is 2. The highest BCUT2D eigenvalue weighted by molar-refractivity contribution is 6.33. The van der Waals surface area contributed by atoms with Crippen molar-refractivity contribution < 1.29 is 5.11 Å². The number of aliphatic hydroxyl groups excluding tert-OH is 1. The Kier molecular flexibility index (Phi) is 6.98. The SMILES string of the molecule is CC(C)N(CCCO)c1c(Cl)cccc1CNC(C)(C)C. The van der Waals surface area contributed by atoms with Crippen molar-refractivity contribution in [2.75, 3.05) is 18.1 Å². The van der Waals surface area contributed by atoms with Gasteiger partial charge in [0.15, 0.2) is 0 Å². The molecule has 2 N–H and O–H groups in total. The van der Waals surface area contributed by atoms with Crippen molar-refractivity contribution in [3.63, 3.8) is 0 Å². The van der Waals surface area contributed by atoms with Gasteiger partial charge in [-0.2, -0.15) is 0 Å². The van der Waals surface area contributed by atoms with Crippen molar-refractivity contribution in [1.82, 2.24) is 5.32 Å². The first-order chi connectivity index (χ1) is 9.76. The normalized spacial score (nSPS) is 12.0. The zero-order valence-electron chi connectivity index (χ0n) is 13.9. The van der Waals surface area contributed by atoms with Crippen LogP contribution in [0, 0.1) is 0 Å². The molecule has 0 heterocycles. The van der Waals surface area contributed by atoms with Crippen molar-refractivity contribution in [1.29, 1.82) is 0 Å². The van der Waals surface area contributed by atoms with E-state index in [0.717, 1.165) is 30.2 Å². The van der Waals surface area contributed by atoms with Crippen molar-refractivity contribution >= 4 is 17.3 Å². The molecule has 1 rings (SSSR count). The molecule has 0 saturated heterocycles. The van der Waals surface area contributed by atoms with Gasteiger partial charge in [-0.3, -0.25) is 0 Å². The Balaban J connectivity index is 3.06. The van der Waals surface area contributed by atoms with Crippen LogP contribution < -0.4 is 10.2 Å². The Morgan fingerprint density at radius 2 is 1.95 bits per heavy atom. The van der Waals surface area contributed by atoms with E-state index in [9.17, 15) is 0 Å². The van der Waals surface area contributed by atoms with Gasteiger partial charge in [-0.15, -0.1) is 0 Å². The third-order valence-corrected chi connectivity index (χ3v) is 3.65. The van der Waals surface area contributed by atoms with E-state index in [1.807, 2.05) is 12.1 Å². The van der Waals surface area contributed by atoms with Crippen molar-refractivity contribution in [3.8, 4) is 0 Å². The summed E-state index contributed by atoms with van der Waals surface area (Å²) in [6, 6.07) is 6.39. The summed E-state index contributed by atoms with van der Waals surface area (Å²) >= 11 is 6.47. The van der Waals surface area contributed by atoms with E-state index in [2.05, 4.69) is 50.9 Å². The largest absolute Gasteiger partial charge is 0.396 e. The number of halogens is 1. The van der Waals surface area contributed by atoms with E-state index in [1.54, 1.807) is 0 Å². The Hall–Kier alpha value is -0.770. The molecular formula is C17H29ClN2O.